The molecule has 31 heavy (non-hydrogen) atoms. The molecule has 1 saturated heterocycles. The summed E-state index contributed by atoms with van der Waals surface area (Å²) in [7, 11) is 2.28. The Morgan fingerprint density at radius 2 is 1.84 bits per heavy atom. The Morgan fingerprint density at radius 3 is 2.58 bits per heavy atom. The maximum atomic E-state index is 13.4. The van der Waals surface area contributed by atoms with E-state index >= 15 is 0 Å². The second kappa shape index (κ2) is 10.9. The van der Waals surface area contributed by atoms with Crippen molar-refractivity contribution in [3.05, 3.63) is 42.2 Å². The van der Waals surface area contributed by atoms with Crippen molar-refractivity contribution >= 4 is 5.91 Å². The number of hydrogen-bond acceptors (Lipinski definition) is 3. The van der Waals surface area contributed by atoms with E-state index in [0.29, 0.717) is 12.5 Å². The molecule has 1 aliphatic carbocycles. The zero-order valence-electron chi connectivity index (χ0n) is 18.9. The van der Waals surface area contributed by atoms with E-state index in [-0.39, 0.29) is 5.92 Å². The van der Waals surface area contributed by atoms with Crippen molar-refractivity contribution in [3.8, 4) is 5.69 Å². The van der Waals surface area contributed by atoms with Gasteiger partial charge in [0.25, 0.3) is 0 Å². The molecule has 168 valence electrons. The molecule has 1 amide bonds. The number of likely N-dealkylation sites (N-methyl/N-ethyl adjacent to an activating group) is 1. The summed E-state index contributed by atoms with van der Waals surface area (Å²) in [5.74, 6) is 0.518. The molecule has 0 radical (unpaired) electrons. The third-order valence-electron chi connectivity index (χ3n) is 6.95. The quantitative estimate of drug-likeness (QED) is 0.624. The molecule has 0 atom stereocenters. The van der Waals surface area contributed by atoms with E-state index in [2.05, 4.69) is 22.3 Å². The minimum atomic E-state index is 0.192. The van der Waals surface area contributed by atoms with Crippen molar-refractivity contribution in [2.45, 2.75) is 45.1 Å². The van der Waals surface area contributed by atoms with Crippen LogP contribution >= 0.6 is 0 Å². The van der Waals surface area contributed by atoms with Crippen molar-refractivity contribution in [1.29, 1.82) is 0 Å². The number of rotatable bonds is 8. The first-order chi connectivity index (χ1) is 15.2. The van der Waals surface area contributed by atoms with E-state index in [1.54, 1.807) is 14.5 Å². The van der Waals surface area contributed by atoms with Crippen LogP contribution in [0.1, 0.15) is 44.2 Å². The van der Waals surface area contributed by atoms with Crippen LogP contribution in [0.3, 0.4) is 0 Å². The van der Waals surface area contributed by atoms with Gasteiger partial charge in [-0.25, -0.2) is 4.68 Å². The zero-order valence-corrected chi connectivity index (χ0v) is 18.9. The summed E-state index contributed by atoms with van der Waals surface area (Å²) in [4.78, 5) is 18.8. The Hall–Kier alpha value is -2.25. The van der Waals surface area contributed by atoms with Crippen molar-refractivity contribution in [2.24, 2.45) is 5.92 Å². The summed E-state index contributed by atoms with van der Waals surface area (Å²) in [6, 6.07) is 10.0. The Labute approximate surface area is 186 Å². The van der Waals surface area contributed by atoms with Gasteiger partial charge in [0.1, 0.15) is 31.9 Å². The zero-order chi connectivity index (χ0) is 21.5. The lowest BCUT2D eigenvalue weighted by Crippen LogP contribution is -3.27. The van der Waals surface area contributed by atoms with Crippen LogP contribution in [-0.4, -0.2) is 72.1 Å². The number of nitrogens with zero attached hydrogens (tertiary/aromatic N) is 4. The lowest BCUT2D eigenvalue weighted by Gasteiger charge is -2.30. The lowest BCUT2D eigenvalue weighted by atomic mass is 9.88. The number of nitrogens with one attached hydrogen (secondary N) is 2. The topological polar surface area (TPSA) is 59.9 Å². The molecule has 2 aromatic rings. The van der Waals surface area contributed by atoms with Crippen LogP contribution in [0.25, 0.3) is 5.69 Å². The number of hydrogen-bond donors (Lipinski definition) is 2. The summed E-state index contributed by atoms with van der Waals surface area (Å²) < 4.78 is 1.80. The monoisotopic (exact) mass is 426 g/mol. The summed E-state index contributed by atoms with van der Waals surface area (Å²) in [6.07, 6.45) is 8.73. The van der Waals surface area contributed by atoms with Gasteiger partial charge in [-0.05, 0) is 25.0 Å². The van der Waals surface area contributed by atoms with E-state index in [1.807, 2.05) is 36.5 Å². The standard InChI is InChI=1S/C24H36N6O/c1-27-15-17-28(18-16-27)13-8-14-29(24(31)21-9-4-2-5-10-21)19-22-20-30(26-25-22)23-11-6-3-7-12-23/h3,6-7,11-12,20-21H,2,4-5,8-10,13-19H2,1H3/p+2. The maximum Gasteiger partial charge on any atom is 0.226 e. The first-order valence-corrected chi connectivity index (χ1v) is 12.1. The van der Waals surface area contributed by atoms with Crippen LogP contribution in [0.15, 0.2) is 36.5 Å². The molecular formula is C24H38N6O+2. The average molecular weight is 427 g/mol. The number of quaternary nitrogens is 2. The van der Waals surface area contributed by atoms with Crippen LogP contribution in [-0.2, 0) is 11.3 Å². The maximum absolute atomic E-state index is 13.4. The van der Waals surface area contributed by atoms with E-state index in [0.717, 1.165) is 43.7 Å². The van der Waals surface area contributed by atoms with Crippen LogP contribution in [0.2, 0.25) is 0 Å². The molecule has 0 unspecified atom stereocenters. The summed E-state index contributed by atoms with van der Waals surface area (Å²) >= 11 is 0. The molecule has 0 spiro atoms. The molecule has 1 aliphatic heterocycles. The van der Waals surface area contributed by atoms with Gasteiger partial charge in [-0.3, -0.25) is 4.79 Å². The number of amides is 1. The van der Waals surface area contributed by atoms with E-state index in [9.17, 15) is 4.79 Å². The van der Waals surface area contributed by atoms with Gasteiger partial charge >= 0.3 is 0 Å². The first-order valence-electron chi connectivity index (χ1n) is 12.1. The fraction of sp³-hybridized carbons (Fsp3) is 0.625. The highest BCUT2D eigenvalue weighted by Crippen LogP contribution is 2.26. The van der Waals surface area contributed by atoms with Crippen molar-refractivity contribution < 1.29 is 14.6 Å². The van der Waals surface area contributed by atoms with E-state index < -0.39 is 0 Å². The van der Waals surface area contributed by atoms with E-state index in [4.69, 9.17) is 0 Å². The molecule has 2 aliphatic rings. The minimum absolute atomic E-state index is 0.192. The molecule has 1 aromatic heterocycles. The van der Waals surface area contributed by atoms with Crippen LogP contribution in [0.4, 0.5) is 0 Å². The van der Waals surface area contributed by atoms with Gasteiger partial charge in [-0.1, -0.05) is 42.7 Å². The summed E-state index contributed by atoms with van der Waals surface area (Å²) in [5, 5.41) is 8.67. The third-order valence-corrected chi connectivity index (χ3v) is 6.95. The molecular weight excluding hydrogens is 388 g/mol. The minimum Gasteiger partial charge on any atom is -0.336 e. The van der Waals surface area contributed by atoms with Gasteiger partial charge in [0.2, 0.25) is 5.91 Å². The molecule has 4 rings (SSSR count). The van der Waals surface area contributed by atoms with Gasteiger partial charge in [-0.2, -0.15) is 0 Å². The first kappa shape index (κ1) is 22.0. The van der Waals surface area contributed by atoms with Gasteiger partial charge < -0.3 is 14.7 Å². The van der Waals surface area contributed by atoms with Crippen molar-refractivity contribution in [2.75, 3.05) is 46.3 Å². The smallest absolute Gasteiger partial charge is 0.226 e. The summed E-state index contributed by atoms with van der Waals surface area (Å²) in [5.41, 5.74) is 1.86. The highest BCUT2D eigenvalue weighted by molar-refractivity contribution is 5.78. The molecule has 1 aromatic carbocycles. The van der Waals surface area contributed by atoms with Crippen LogP contribution < -0.4 is 9.80 Å². The van der Waals surface area contributed by atoms with Gasteiger partial charge in [0, 0.05) is 18.9 Å². The molecule has 2 fully saturated rings. The molecule has 0 bridgehead atoms. The van der Waals surface area contributed by atoms with Gasteiger partial charge in [-0.15, -0.1) is 5.10 Å². The fourth-order valence-corrected chi connectivity index (χ4v) is 4.95. The van der Waals surface area contributed by atoms with Crippen LogP contribution in [0, 0.1) is 5.92 Å². The second-order valence-electron chi connectivity index (χ2n) is 9.40. The molecule has 7 nitrogen and oxygen atoms in total. The SMILES string of the molecule is C[NH+]1CC[NH+](CCCN(Cc2cn(-c3ccccc3)nn2)C(=O)C2CCCCC2)CC1. The normalized spacial score (nSPS) is 22.4. The van der Waals surface area contributed by atoms with Crippen molar-refractivity contribution in [3.63, 3.8) is 0 Å². The summed E-state index contributed by atoms with van der Waals surface area (Å²) in [6.45, 7) is 7.52. The highest BCUT2D eigenvalue weighted by Gasteiger charge is 2.27. The number of benzene rings is 1. The van der Waals surface area contributed by atoms with Gasteiger partial charge in [0.05, 0.1) is 32.0 Å². The lowest BCUT2D eigenvalue weighted by molar-refractivity contribution is -1.00. The molecule has 7 heteroatoms. The second-order valence-corrected chi connectivity index (χ2v) is 9.40. The number of carbonyl (C=O) groups excluding carboxylic acids is 1. The largest absolute Gasteiger partial charge is 0.336 e. The number of carbonyl (C=O) groups is 1. The predicted molar refractivity (Wildman–Crippen MR) is 120 cm³/mol. The van der Waals surface area contributed by atoms with Gasteiger partial charge in [0.15, 0.2) is 0 Å². The number of piperazine rings is 1. The third kappa shape index (κ3) is 6.14. The molecule has 1 saturated carbocycles. The average Bonchev–Trinajstić information content (AvgIpc) is 3.29. The highest BCUT2D eigenvalue weighted by atomic mass is 16.2. The van der Waals surface area contributed by atoms with E-state index in [1.165, 1.54) is 45.4 Å². The molecule has 2 heterocycles. The number of aromatic nitrogens is 3. The van der Waals surface area contributed by atoms with Crippen LogP contribution in [0.5, 0.6) is 0 Å². The number of para-hydroxylation sites is 1. The Bertz CT molecular complexity index is 808. The Kier molecular flexibility index (Phi) is 7.70. The Morgan fingerprint density at radius 1 is 1.10 bits per heavy atom. The predicted octanol–water partition coefficient (Wildman–Crippen LogP) is -0.0205. The van der Waals surface area contributed by atoms with Crippen molar-refractivity contribution in [1.82, 2.24) is 19.9 Å². The Balaban J connectivity index is 1.38. The molecule has 2 N–H and O–H groups in total. The fourth-order valence-electron chi connectivity index (χ4n) is 4.95.